The van der Waals surface area contributed by atoms with Gasteiger partial charge >= 0.3 is 5.97 Å². The van der Waals surface area contributed by atoms with Crippen LogP contribution in [0, 0.1) is 0 Å². The maximum absolute atomic E-state index is 13.3. The zero-order chi connectivity index (χ0) is 24.7. The average Bonchev–Trinajstić information content (AvgIpc) is 3.04. The van der Waals surface area contributed by atoms with E-state index in [9.17, 15) is 22.8 Å². The van der Waals surface area contributed by atoms with Crippen LogP contribution in [-0.4, -0.2) is 61.5 Å². The van der Waals surface area contributed by atoms with Crippen LogP contribution in [-0.2, 0) is 26.8 Å². The number of aromatic carboxylic acids is 1. The molecular formula is C24H27N3O6S. The van der Waals surface area contributed by atoms with Gasteiger partial charge in [-0.3, -0.25) is 9.59 Å². The van der Waals surface area contributed by atoms with E-state index in [1.54, 1.807) is 49.2 Å². The lowest BCUT2D eigenvalue weighted by atomic mass is 9.74. The Labute approximate surface area is 198 Å². The Hall–Kier alpha value is -3.24. The molecule has 4 rings (SSSR count). The maximum Gasteiger partial charge on any atom is 0.335 e. The molecule has 10 heteroatoms. The van der Waals surface area contributed by atoms with Crippen LogP contribution in [0.15, 0.2) is 42.5 Å². The third-order valence-electron chi connectivity index (χ3n) is 6.81. The minimum atomic E-state index is -3.33. The molecule has 0 unspecified atom stereocenters. The molecule has 180 valence electrons. The van der Waals surface area contributed by atoms with Gasteiger partial charge in [-0.25, -0.2) is 17.5 Å². The highest BCUT2D eigenvalue weighted by atomic mass is 32.2. The first-order valence-corrected chi connectivity index (χ1v) is 12.7. The first-order chi connectivity index (χ1) is 16.1. The van der Waals surface area contributed by atoms with Gasteiger partial charge in [-0.15, -0.1) is 0 Å². The lowest BCUT2D eigenvalue weighted by molar-refractivity contribution is -0.124. The zero-order valence-electron chi connectivity index (χ0n) is 19.1. The predicted molar refractivity (Wildman–Crippen MR) is 126 cm³/mol. The van der Waals surface area contributed by atoms with Crippen molar-refractivity contribution < 1.29 is 27.9 Å². The zero-order valence-corrected chi connectivity index (χ0v) is 19.9. The monoisotopic (exact) mass is 485 g/mol. The summed E-state index contributed by atoms with van der Waals surface area (Å²) in [4.78, 5) is 38.9. The standard InChI is InChI=1S/C24H27N3O6S/c1-3-34(32,33)27-11-9-24(10-12-27)19-14-17(7-8-20(19)26(2)23(24)31)21(28)25-15-16-5-4-6-18(13-16)22(29)30/h4-8,13-14H,3,9-12,15H2,1-2H3,(H,25,28)(H,29,30). The summed E-state index contributed by atoms with van der Waals surface area (Å²) in [5.74, 6) is -1.45. The van der Waals surface area contributed by atoms with Crippen LogP contribution in [0.3, 0.4) is 0 Å². The van der Waals surface area contributed by atoms with E-state index in [-0.39, 0.29) is 42.8 Å². The molecule has 0 bridgehead atoms. The average molecular weight is 486 g/mol. The summed E-state index contributed by atoms with van der Waals surface area (Å²) in [6.07, 6.45) is 0.713. The van der Waals surface area contributed by atoms with Crippen molar-refractivity contribution in [3.8, 4) is 0 Å². The van der Waals surface area contributed by atoms with Crippen molar-refractivity contribution in [3.63, 3.8) is 0 Å². The molecule has 0 aromatic heterocycles. The highest BCUT2D eigenvalue weighted by molar-refractivity contribution is 7.89. The topological polar surface area (TPSA) is 124 Å². The van der Waals surface area contributed by atoms with Crippen LogP contribution < -0.4 is 10.2 Å². The summed E-state index contributed by atoms with van der Waals surface area (Å²) < 4.78 is 26.0. The number of nitrogens with one attached hydrogen (secondary N) is 1. The number of piperidine rings is 1. The van der Waals surface area contributed by atoms with Crippen LogP contribution in [0.4, 0.5) is 5.69 Å². The molecule has 0 radical (unpaired) electrons. The van der Waals surface area contributed by atoms with Crippen LogP contribution in [0.1, 0.15) is 51.6 Å². The molecule has 1 saturated heterocycles. The first kappa shape index (κ1) is 23.9. The lowest BCUT2D eigenvalue weighted by Crippen LogP contribution is -2.49. The summed E-state index contributed by atoms with van der Waals surface area (Å²) in [5.41, 5.74) is 1.81. The number of anilines is 1. The van der Waals surface area contributed by atoms with Crippen LogP contribution in [0.2, 0.25) is 0 Å². The number of sulfonamides is 1. The van der Waals surface area contributed by atoms with Gasteiger partial charge in [0.2, 0.25) is 15.9 Å². The normalized spacial score (nSPS) is 17.6. The molecule has 2 heterocycles. The molecule has 9 nitrogen and oxygen atoms in total. The molecule has 2 aliphatic rings. The van der Waals surface area contributed by atoms with Crippen molar-refractivity contribution >= 4 is 33.5 Å². The molecule has 2 aromatic rings. The minimum Gasteiger partial charge on any atom is -0.478 e. The first-order valence-electron chi connectivity index (χ1n) is 11.1. The second-order valence-corrected chi connectivity index (χ2v) is 10.9. The van der Waals surface area contributed by atoms with Gasteiger partial charge in [0.05, 0.1) is 16.7 Å². The molecule has 2 amide bonds. The third kappa shape index (κ3) is 4.07. The van der Waals surface area contributed by atoms with E-state index in [1.807, 2.05) is 0 Å². The second kappa shape index (κ2) is 8.84. The summed E-state index contributed by atoms with van der Waals surface area (Å²) >= 11 is 0. The quantitative estimate of drug-likeness (QED) is 0.645. The number of amides is 2. The second-order valence-electron chi connectivity index (χ2n) is 8.67. The number of carboxylic acids is 1. The Kier molecular flexibility index (Phi) is 6.22. The number of likely N-dealkylation sites (N-methyl/N-ethyl adjacent to an activating group) is 1. The molecule has 34 heavy (non-hydrogen) atoms. The Morgan fingerprint density at radius 3 is 2.44 bits per heavy atom. The Morgan fingerprint density at radius 1 is 1.09 bits per heavy atom. The highest BCUT2D eigenvalue weighted by Crippen LogP contribution is 2.48. The molecule has 2 N–H and O–H groups in total. The fourth-order valence-corrected chi connectivity index (χ4v) is 5.91. The number of carbonyl (C=O) groups excluding carboxylic acids is 2. The SMILES string of the molecule is CCS(=O)(=O)N1CCC2(CC1)C(=O)N(C)c1ccc(C(=O)NCc3cccc(C(=O)O)c3)cc12. The Morgan fingerprint density at radius 2 is 1.79 bits per heavy atom. The van der Waals surface area contributed by atoms with Gasteiger partial charge in [0.25, 0.3) is 5.91 Å². The van der Waals surface area contributed by atoms with E-state index < -0.39 is 21.4 Å². The molecule has 1 fully saturated rings. The number of carboxylic acid groups (broad SMARTS) is 1. The largest absolute Gasteiger partial charge is 0.478 e. The van der Waals surface area contributed by atoms with Crippen molar-refractivity contribution in [3.05, 3.63) is 64.7 Å². The van der Waals surface area contributed by atoms with Gasteiger partial charge < -0.3 is 15.3 Å². The smallest absolute Gasteiger partial charge is 0.335 e. The molecule has 0 atom stereocenters. The van der Waals surface area contributed by atoms with Gasteiger partial charge in [0, 0.05) is 37.9 Å². The molecular weight excluding hydrogens is 458 g/mol. The summed E-state index contributed by atoms with van der Waals surface area (Å²) in [6, 6.07) is 11.5. The van der Waals surface area contributed by atoms with Crippen molar-refractivity contribution in [1.29, 1.82) is 0 Å². The fraction of sp³-hybridized carbons (Fsp3) is 0.375. The van der Waals surface area contributed by atoms with E-state index in [2.05, 4.69) is 5.32 Å². The van der Waals surface area contributed by atoms with E-state index in [0.717, 1.165) is 11.3 Å². The number of hydrogen-bond donors (Lipinski definition) is 2. The van der Waals surface area contributed by atoms with Crippen LogP contribution >= 0.6 is 0 Å². The van der Waals surface area contributed by atoms with Gasteiger partial charge in [0.15, 0.2) is 0 Å². The number of nitrogens with zero attached hydrogens (tertiary/aromatic N) is 2. The molecule has 2 aliphatic heterocycles. The summed E-state index contributed by atoms with van der Waals surface area (Å²) in [7, 11) is -1.64. The number of carbonyl (C=O) groups is 3. The van der Waals surface area contributed by atoms with Crippen molar-refractivity contribution in [2.75, 3.05) is 30.8 Å². The Bertz CT molecular complexity index is 1270. The molecule has 1 spiro atoms. The maximum atomic E-state index is 13.3. The van der Waals surface area contributed by atoms with E-state index in [4.69, 9.17) is 5.11 Å². The fourth-order valence-electron chi connectivity index (χ4n) is 4.81. The van der Waals surface area contributed by atoms with Crippen molar-refractivity contribution in [1.82, 2.24) is 9.62 Å². The van der Waals surface area contributed by atoms with Gasteiger partial charge in [-0.05, 0) is 61.2 Å². The third-order valence-corrected chi connectivity index (χ3v) is 8.69. The highest BCUT2D eigenvalue weighted by Gasteiger charge is 2.52. The number of benzene rings is 2. The molecule has 2 aromatic carbocycles. The van der Waals surface area contributed by atoms with Crippen LogP contribution in [0.5, 0.6) is 0 Å². The van der Waals surface area contributed by atoms with Crippen molar-refractivity contribution in [2.45, 2.75) is 31.7 Å². The molecule has 0 saturated carbocycles. The lowest BCUT2D eigenvalue weighted by Gasteiger charge is -2.37. The summed E-state index contributed by atoms with van der Waals surface area (Å²) in [6.45, 7) is 2.27. The van der Waals surface area contributed by atoms with E-state index in [0.29, 0.717) is 24.0 Å². The van der Waals surface area contributed by atoms with Gasteiger partial charge in [-0.1, -0.05) is 12.1 Å². The molecule has 0 aliphatic carbocycles. The van der Waals surface area contributed by atoms with Crippen LogP contribution in [0.25, 0.3) is 0 Å². The van der Waals surface area contributed by atoms with E-state index in [1.165, 1.54) is 16.4 Å². The minimum absolute atomic E-state index is 0.0180. The van der Waals surface area contributed by atoms with Crippen molar-refractivity contribution in [2.24, 2.45) is 0 Å². The number of fused-ring (bicyclic) bond motifs is 2. The number of rotatable bonds is 6. The van der Waals surface area contributed by atoms with Gasteiger partial charge in [-0.2, -0.15) is 0 Å². The van der Waals surface area contributed by atoms with E-state index >= 15 is 0 Å². The predicted octanol–water partition coefficient (Wildman–Crippen LogP) is 1.97. The number of hydrogen-bond acceptors (Lipinski definition) is 5. The Balaban J connectivity index is 1.55. The summed E-state index contributed by atoms with van der Waals surface area (Å²) in [5, 5.41) is 11.9. The van der Waals surface area contributed by atoms with Gasteiger partial charge in [0.1, 0.15) is 0 Å².